The molecule has 22 heteroatoms. The number of thiol groups is 1. The number of hydrogen-bond donors (Lipinski definition) is 9. The van der Waals surface area contributed by atoms with E-state index >= 15 is 0 Å². The summed E-state index contributed by atoms with van der Waals surface area (Å²) in [7, 11) is 0. The lowest BCUT2D eigenvalue weighted by Crippen LogP contribution is -2.54. The molecule has 0 radical (unpaired) electrons. The molecule has 322 valence electrons. The molecule has 1 fully saturated rings. The highest BCUT2D eigenvalue weighted by atomic mass is 32.2. The number of carbonyl (C=O) groups excluding carboxylic acids is 8. The minimum absolute atomic E-state index is 0. The van der Waals surface area contributed by atoms with Gasteiger partial charge in [-0.05, 0) is 60.3 Å². The number of rotatable bonds is 17. The zero-order valence-corrected chi connectivity index (χ0v) is 35.3. The fraction of sp³-hybridized carbons (Fsp3) is 0.676. The molecule has 0 spiro atoms. The maximum absolute atomic E-state index is 12.0. The van der Waals surface area contributed by atoms with Gasteiger partial charge in [-0.3, -0.25) is 53.0 Å². The third-order valence-electron chi connectivity index (χ3n) is 7.04. The summed E-state index contributed by atoms with van der Waals surface area (Å²) in [5, 5.41) is 18.0. The van der Waals surface area contributed by atoms with E-state index in [1.165, 1.54) is 11.8 Å². The smallest absolute Gasteiger partial charge is 0.305 e. The van der Waals surface area contributed by atoms with Gasteiger partial charge in [0.1, 0.15) is 18.1 Å². The highest BCUT2D eigenvalue weighted by Crippen LogP contribution is 2.25. The van der Waals surface area contributed by atoms with Crippen molar-refractivity contribution in [1.82, 2.24) is 31.1 Å². The van der Waals surface area contributed by atoms with Gasteiger partial charge < -0.3 is 43.6 Å². The molecule has 8 amide bonds. The predicted octanol–water partition coefficient (Wildman–Crippen LogP) is -1.56. The molecule has 19 nitrogen and oxygen atoms in total. The third-order valence-corrected chi connectivity index (χ3v) is 8.93. The molecule has 2 aliphatic heterocycles. The van der Waals surface area contributed by atoms with Crippen LogP contribution in [-0.4, -0.2) is 153 Å². The van der Waals surface area contributed by atoms with Gasteiger partial charge in [0.15, 0.2) is 0 Å². The number of hydrogen-bond acceptors (Lipinski definition) is 15. The fourth-order valence-electron chi connectivity index (χ4n) is 4.60. The zero-order valence-electron chi connectivity index (χ0n) is 32.8. The Morgan fingerprint density at radius 1 is 0.732 bits per heavy atom. The number of thioether (sulfide) groups is 2. The van der Waals surface area contributed by atoms with E-state index in [2.05, 4.69) is 33.9 Å². The summed E-state index contributed by atoms with van der Waals surface area (Å²) in [5.41, 5.74) is 16.4. The Balaban J connectivity index is -0.000000731. The van der Waals surface area contributed by atoms with E-state index in [1.54, 1.807) is 46.5 Å². The second-order valence-corrected chi connectivity index (χ2v) is 14.6. The number of imide groups is 2. The van der Waals surface area contributed by atoms with Gasteiger partial charge in [0.25, 0.3) is 11.8 Å². The van der Waals surface area contributed by atoms with Crippen LogP contribution in [0, 0.1) is 0 Å². The van der Waals surface area contributed by atoms with Crippen LogP contribution >= 0.6 is 36.2 Å². The van der Waals surface area contributed by atoms with Gasteiger partial charge in [0.05, 0.1) is 16.9 Å². The van der Waals surface area contributed by atoms with Crippen LogP contribution in [0.5, 0.6) is 0 Å². The van der Waals surface area contributed by atoms with Crippen LogP contribution in [0.4, 0.5) is 0 Å². The van der Waals surface area contributed by atoms with Crippen molar-refractivity contribution in [2.24, 2.45) is 17.2 Å². The van der Waals surface area contributed by atoms with Gasteiger partial charge in [0, 0.05) is 56.3 Å². The Kier molecular flexibility index (Phi) is 29.9. The second-order valence-electron chi connectivity index (χ2n) is 12.5. The molecule has 0 aromatic carbocycles. The van der Waals surface area contributed by atoms with Crippen molar-refractivity contribution in [3.8, 4) is 0 Å². The Labute approximate surface area is 343 Å². The zero-order chi connectivity index (χ0) is 43.2. The summed E-state index contributed by atoms with van der Waals surface area (Å²) in [6.45, 7) is 10.6. The first-order chi connectivity index (χ1) is 25.7. The number of carboxylic acids is 1. The van der Waals surface area contributed by atoms with Crippen LogP contribution in [0.2, 0.25) is 0 Å². The predicted molar refractivity (Wildman–Crippen MR) is 222 cm³/mol. The molecule has 0 aromatic rings. The van der Waals surface area contributed by atoms with Gasteiger partial charge >= 0.3 is 5.97 Å². The standard InChI is InChI=1S/C11H21N3O4S.C11H19N3O3S.C10H15N3O3.CH4S.CH4/c1-6(2)13-10(17)7(5-12)14-11(18)8(19-3)4-9(15)16;1-6(2)13-10(16)7(5-12)14-9(15)4-8(18-3)11(14)17;1-6(2)12-10(16)7(5-11)13-8(14)3-4-9(13)15;1-2;/h6-8H,4-5,12H2,1-3H3,(H,13,17)(H,14,18)(H,15,16);6-8H,4-5,12H2,1-3H3,(H,13,16);3-4,6-7H,5,11H2,1-2H3,(H,12,16);2H,1H3;1H4. The summed E-state index contributed by atoms with van der Waals surface area (Å²) < 4.78 is 0. The van der Waals surface area contributed by atoms with Crippen molar-refractivity contribution in [3.63, 3.8) is 0 Å². The summed E-state index contributed by atoms with van der Waals surface area (Å²) in [5.74, 6) is -4.37. The van der Waals surface area contributed by atoms with Gasteiger partial charge in [-0.25, -0.2) is 0 Å². The number of amides is 8. The topological polar surface area (TPSA) is 307 Å². The van der Waals surface area contributed by atoms with Gasteiger partial charge in [-0.15, -0.1) is 0 Å². The minimum atomic E-state index is -1.06. The van der Waals surface area contributed by atoms with Crippen LogP contribution in [0.3, 0.4) is 0 Å². The Bertz CT molecular complexity index is 1350. The number of aliphatic carboxylic acids is 1. The molecule has 0 bridgehead atoms. The normalized spacial score (nSPS) is 16.6. The molecule has 0 aromatic heterocycles. The van der Waals surface area contributed by atoms with E-state index in [9.17, 15) is 43.2 Å². The largest absolute Gasteiger partial charge is 0.481 e. The number of likely N-dealkylation sites (tertiary alicyclic amines) is 1. The molecule has 5 atom stereocenters. The third kappa shape index (κ3) is 19.4. The van der Waals surface area contributed by atoms with Gasteiger partial charge in [-0.1, -0.05) is 7.43 Å². The maximum atomic E-state index is 12.0. The fourth-order valence-corrected chi connectivity index (χ4v) is 5.81. The molecule has 2 aliphatic rings. The highest BCUT2D eigenvalue weighted by Gasteiger charge is 2.44. The SMILES string of the molecule is C.CC(C)NC(=O)C(CN)N1C(=O)C=CC1=O.CS.CSC(CC(=O)O)C(=O)NC(CN)C(=O)NC(C)C.CSC1CC(=O)N(C(CN)C(=O)NC(C)C)C1=O. The first-order valence-corrected chi connectivity index (χ1v) is 20.6. The van der Waals surface area contributed by atoms with Crippen LogP contribution < -0.4 is 38.5 Å². The van der Waals surface area contributed by atoms with E-state index in [0.717, 1.165) is 33.7 Å². The molecule has 0 saturated carbocycles. The molecular weight excluding hydrogens is 791 g/mol. The quantitative estimate of drug-likeness (QED) is 0.0590. The van der Waals surface area contributed by atoms with Gasteiger partial charge in [0.2, 0.25) is 35.4 Å². The van der Waals surface area contributed by atoms with Crippen LogP contribution in [0.1, 0.15) is 61.8 Å². The average molecular weight is 854 g/mol. The lowest BCUT2D eigenvalue weighted by atomic mass is 10.2. The molecule has 1 saturated heterocycles. The van der Waals surface area contributed by atoms with Crippen LogP contribution in [0.25, 0.3) is 0 Å². The molecule has 5 unspecified atom stereocenters. The molecule has 2 heterocycles. The number of nitrogens with two attached hydrogens (primary N) is 3. The molecule has 11 N–H and O–H groups in total. The van der Waals surface area contributed by atoms with E-state index in [0.29, 0.717) is 0 Å². The first-order valence-electron chi connectivity index (χ1n) is 17.2. The summed E-state index contributed by atoms with van der Waals surface area (Å²) in [6, 6.07) is -2.87. The first kappa shape index (κ1) is 56.6. The van der Waals surface area contributed by atoms with E-state index in [4.69, 9.17) is 22.3 Å². The lowest BCUT2D eigenvalue weighted by molar-refractivity contribution is -0.146. The van der Waals surface area contributed by atoms with E-state index in [-0.39, 0.29) is 81.7 Å². The minimum Gasteiger partial charge on any atom is -0.481 e. The monoisotopic (exact) mass is 853 g/mol. The number of nitrogens with zero attached hydrogens (tertiary/aromatic N) is 2. The molecular formula is C34H63N9O10S3. The lowest BCUT2D eigenvalue weighted by Gasteiger charge is -2.25. The molecule has 0 aliphatic carbocycles. The summed E-state index contributed by atoms with van der Waals surface area (Å²) >= 11 is 5.96. The Morgan fingerprint density at radius 3 is 1.46 bits per heavy atom. The molecule has 56 heavy (non-hydrogen) atoms. The van der Waals surface area contributed by atoms with Crippen molar-refractivity contribution in [1.29, 1.82) is 0 Å². The average Bonchev–Trinajstić information content (AvgIpc) is 3.58. The maximum Gasteiger partial charge on any atom is 0.305 e. The van der Waals surface area contributed by atoms with Crippen molar-refractivity contribution in [2.45, 2.75) is 109 Å². The number of nitrogens with one attached hydrogen (secondary N) is 4. The van der Waals surface area contributed by atoms with Gasteiger partial charge in [-0.2, -0.15) is 36.2 Å². The Hall–Kier alpha value is -3.70. The van der Waals surface area contributed by atoms with Crippen LogP contribution in [-0.2, 0) is 43.2 Å². The highest BCUT2D eigenvalue weighted by molar-refractivity contribution is 8.00. The summed E-state index contributed by atoms with van der Waals surface area (Å²) in [4.78, 5) is 106. The van der Waals surface area contributed by atoms with Crippen molar-refractivity contribution in [3.05, 3.63) is 12.2 Å². The Morgan fingerprint density at radius 2 is 1.14 bits per heavy atom. The van der Waals surface area contributed by atoms with Crippen LogP contribution in [0.15, 0.2) is 12.2 Å². The second kappa shape index (κ2) is 29.5. The van der Waals surface area contributed by atoms with Crippen molar-refractivity contribution < 1.29 is 48.3 Å². The van der Waals surface area contributed by atoms with Crippen molar-refractivity contribution in [2.75, 3.05) is 38.4 Å². The molecule has 2 rings (SSSR count). The van der Waals surface area contributed by atoms with E-state index in [1.807, 2.05) is 13.8 Å². The van der Waals surface area contributed by atoms with Crippen molar-refractivity contribution >= 4 is 89.4 Å². The van der Waals surface area contributed by atoms with E-state index < -0.39 is 58.2 Å². The number of carbonyl (C=O) groups is 9. The summed E-state index contributed by atoms with van der Waals surface area (Å²) in [6.07, 6.45) is 7.21. The number of carboxylic acid groups (broad SMARTS) is 1.